The average molecular weight is 295 g/mol. The fraction of sp³-hybridized carbons (Fsp3) is 0.588. The van der Waals surface area contributed by atoms with Gasteiger partial charge in [0.15, 0.2) is 0 Å². The third-order valence-electron chi connectivity index (χ3n) is 3.49. The van der Waals surface area contributed by atoms with E-state index in [0.29, 0.717) is 31.5 Å². The number of halogens is 1. The molecule has 0 saturated heterocycles. The predicted octanol–water partition coefficient (Wildman–Crippen LogP) is 3.67. The van der Waals surface area contributed by atoms with Gasteiger partial charge in [0.2, 0.25) is 0 Å². The van der Waals surface area contributed by atoms with E-state index in [1.54, 1.807) is 12.1 Å². The Labute approximate surface area is 126 Å². The maximum absolute atomic E-state index is 12.9. The number of ether oxygens (including phenoxy) is 1. The first kappa shape index (κ1) is 17.6. The zero-order valence-electron chi connectivity index (χ0n) is 13.2. The topological polar surface area (TPSA) is 38.3 Å². The van der Waals surface area contributed by atoms with Crippen molar-refractivity contribution >= 4 is 5.97 Å². The van der Waals surface area contributed by atoms with Crippen LogP contribution < -0.4 is 5.32 Å². The van der Waals surface area contributed by atoms with Gasteiger partial charge in [-0.2, -0.15) is 0 Å². The van der Waals surface area contributed by atoms with Gasteiger partial charge >= 0.3 is 5.97 Å². The summed E-state index contributed by atoms with van der Waals surface area (Å²) in [7, 11) is 0. The van der Waals surface area contributed by atoms with Gasteiger partial charge in [-0.25, -0.2) is 4.39 Å². The number of hydrogen-bond donors (Lipinski definition) is 1. The number of carbonyl (C=O) groups excluding carboxylic acids is 1. The van der Waals surface area contributed by atoms with Crippen LogP contribution in [-0.4, -0.2) is 18.6 Å². The summed E-state index contributed by atoms with van der Waals surface area (Å²) in [4.78, 5) is 11.3. The van der Waals surface area contributed by atoms with Crippen LogP contribution in [-0.2, 0) is 16.1 Å². The lowest BCUT2D eigenvalue weighted by atomic mass is 9.98. The summed E-state index contributed by atoms with van der Waals surface area (Å²) >= 11 is 0. The predicted molar refractivity (Wildman–Crippen MR) is 82.3 cm³/mol. The number of rotatable bonds is 9. The normalized spacial score (nSPS) is 12.4. The zero-order valence-corrected chi connectivity index (χ0v) is 13.2. The van der Waals surface area contributed by atoms with E-state index in [2.05, 4.69) is 19.2 Å². The van der Waals surface area contributed by atoms with E-state index in [-0.39, 0.29) is 11.8 Å². The summed E-state index contributed by atoms with van der Waals surface area (Å²) in [5.74, 6) is 0.139. The van der Waals surface area contributed by atoms with Crippen LogP contribution in [0.5, 0.6) is 0 Å². The monoisotopic (exact) mass is 295 g/mol. The highest BCUT2D eigenvalue weighted by atomic mass is 19.1. The van der Waals surface area contributed by atoms with E-state index in [1.807, 2.05) is 6.92 Å². The van der Waals surface area contributed by atoms with E-state index in [9.17, 15) is 9.18 Å². The molecule has 0 aliphatic heterocycles. The molecule has 0 spiro atoms. The molecule has 1 N–H and O–H groups in total. The Morgan fingerprint density at radius 3 is 2.52 bits per heavy atom. The van der Waals surface area contributed by atoms with Crippen LogP contribution in [0.3, 0.4) is 0 Å². The van der Waals surface area contributed by atoms with Gasteiger partial charge < -0.3 is 10.1 Å². The molecule has 1 unspecified atom stereocenters. The van der Waals surface area contributed by atoms with Gasteiger partial charge in [0.1, 0.15) is 5.82 Å². The molecular weight excluding hydrogens is 269 g/mol. The molecule has 0 aromatic heterocycles. The van der Waals surface area contributed by atoms with Gasteiger partial charge in [-0.15, -0.1) is 0 Å². The van der Waals surface area contributed by atoms with Crippen molar-refractivity contribution in [1.82, 2.24) is 5.32 Å². The number of carbonyl (C=O) groups is 1. The number of nitrogens with one attached hydrogen (secondary N) is 1. The lowest BCUT2D eigenvalue weighted by molar-refractivity contribution is -0.143. The molecular formula is C17H26FNO2. The maximum Gasteiger partial charge on any atom is 0.305 e. The van der Waals surface area contributed by atoms with Gasteiger partial charge in [0.05, 0.1) is 6.61 Å². The molecule has 0 bridgehead atoms. The van der Waals surface area contributed by atoms with Gasteiger partial charge in [-0.05, 0) is 43.4 Å². The molecule has 3 nitrogen and oxygen atoms in total. The Morgan fingerprint density at radius 2 is 1.95 bits per heavy atom. The van der Waals surface area contributed by atoms with Crippen molar-refractivity contribution in [3.8, 4) is 0 Å². The highest BCUT2D eigenvalue weighted by Gasteiger charge is 2.13. The molecule has 0 heterocycles. The van der Waals surface area contributed by atoms with Crippen LogP contribution in [0, 0.1) is 11.7 Å². The quantitative estimate of drug-likeness (QED) is 0.706. The van der Waals surface area contributed by atoms with E-state index in [4.69, 9.17) is 4.74 Å². The largest absolute Gasteiger partial charge is 0.466 e. The van der Waals surface area contributed by atoms with Crippen molar-refractivity contribution in [3.63, 3.8) is 0 Å². The number of hydrogen-bond acceptors (Lipinski definition) is 3. The molecule has 4 heteroatoms. The maximum atomic E-state index is 12.9. The van der Waals surface area contributed by atoms with Gasteiger partial charge in [-0.3, -0.25) is 4.79 Å². The Kier molecular flexibility index (Phi) is 7.98. The van der Waals surface area contributed by atoms with Gasteiger partial charge in [0.25, 0.3) is 0 Å². The van der Waals surface area contributed by atoms with Crippen LogP contribution in [0.1, 0.15) is 45.6 Å². The summed E-state index contributed by atoms with van der Waals surface area (Å²) in [6.45, 7) is 7.29. The van der Waals surface area contributed by atoms with E-state index in [0.717, 1.165) is 18.4 Å². The Hall–Kier alpha value is -1.42. The van der Waals surface area contributed by atoms with Crippen molar-refractivity contribution < 1.29 is 13.9 Å². The highest BCUT2D eigenvalue weighted by molar-refractivity contribution is 5.69. The third-order valence-corrected chi connectivity index (χ3v) is 3.49. The summed E-state index contributed by atoms with van der Waals surface area (Å²) in [6.07, 6.45) is 2.21. The Balaban J connectivity index is 2.36. The van der Waals surface area contributed by atoms with Crippen LogP contribution in [0.15, 0.2) is 24.3 Å². The van der Waals surface area contributed by atoms with Crippen molar-refractivity contribution in [2.75, 3.05) is 6.61 Å². The molecule has 21 heavy (non-hydrogen) atoms. The van der Waals surface area contributed by atoms with E-state index >= 15 is 0 Å². The minimum absolute atomic E-state index is 0.126. The molecule has 1 atom stereocenters. The molecule has 0 aliphatic rings. The molecule has 1 aromatic rings. The number of esters is 1. The lowest BCUT2D eigenvalue weighted by Gasteiger charge is -2.22. The first-order valence-corrected chi connectivity index (χ1v) is 7.66. The summed E-state index contributed by atoms with van der Waals surface area (Å²) in [6, 6.07) is 6.87. The summed E-state index contributed by atoms with van der Waals surface area (Å²) in [5, 5.41) is 3.49. The fourth-order valence-electron chi connectivity index (χ4n) is 2.22. The summed E-state index contributed by atoms with van der Waals surface area (Å²) in [5.41, 5.74) is 1.06. The molecule has 1 rings (SSSR count). The second-order valence-electron chi connectivity index (χ2n) is 5.56. The second kappa shape index (κ2) is 9.50. The van der Waals surface area contributed by atoms with E-state index in [1.165, 1.54) is 12.1 Å². The fourth-order valence-corrected chi connectivity index (χ4v) is 2.22. The van der Waals surface area contributed by atoms with Crippen molar-refractivity contribution in [2.24, 2.45) is 5.92 Å². The van der Waals surface area contributed by atoms with Crippen LogP contribution in [0.4, 0.5) is 4.39 Å². The SMILES string of the molecule is CCOC(=O)CCCC(NCc1ccc(F)cc1)C(C)C. The Morgan fingerprint density at radius 1 is 1.29 bits per heavy atom. The Bertz CT molecular complexity index is 417. The molecule has 0 radical (unpaired) electrons. The molecule has 0 amide bonds. The number of benzene rings is 1. The standard InChI is InChI=1S/C17H26FNO2/c1-4-21-17(20)7-5-6-16(13(2)3)19-12-14-8-10-15(18)11-9-14/h8-11,13,16,19H,4-7,12H2,1-3H3. The third kappa shape index (κ3) is 7.23. The highest BCUT2D eigenvalue weighted by Crippen LogP contribution is 2.12. The smallest absolute Gasteiger partial charge is 0.305 e. The second-order valence-corrected chi connectivity index (χ2v) is 5.56. The van der Waals surface area contributed by atoms with Crippen molar-refractivity contribution in [3.05, 3.63) is 35.6 Å². The van der Waals surface area contributed by atoms with Gasteiger partial charge in [0, 0.05) is 19.0 Å². The average Bonchev–Trinajstić information content (AvgIpc) is 2.44. The molecule has 1 aromatic carbocycles. The van der Waals surface area contributed by atoms with Crippen molar-refractivity contribution in [1.29, 1.82) is 0 Å². The first-order valence-electron chi connectivity index (χ1n) is 7.66. The van der Waals surface area contributed by atoms with Crippen molar-refractivity contribution in [2.45, 2.75) is 52.6 Å². The molecule has 118 valence electrons. The zero-order chi connectivity index (χ0) is 15.7. The lowest BCUT2D eigenvalue weighted by Crippen LogP contribution is -2.33. The van der Waals surface area contributed by atoms with Crippen LogP contribution in [0.25, 0.3) is 0 Å². The van der Waals surface area contributed by atoms with Gasteiger partial charge in [-0.1, -0.05) is 26.0 Å². The first-order chi connectivity index (χ1) is 10.0. The molecule has 0 fully saturated rings. The summed E-state index contributed by atoms with van der Waals surface area (Å²) < 4.78 is 17.8. The minimum Gasteiger partial charge on any atom is -0.466 e. The minimum atomic E-state index is -0.214. The van der Waals surface area contributed by atoms with E-state index < -0.39 is 0 Å². The molecule has 0 saturated carbocycles. The van der Waals surface area contributed by atoms with Crippen LogP contribution >= 0.6 is 0 Å². The van der Waals surface area contributed by atoms with Crippen LogP contribution in [0.2, 0.25) is 0 Å². The molecule has 0 aliphatic carbocycles.